The number of carbonyl (C=O) groups is 2. The summed E-state index contributed by atoms with van der Waals surface area (Å²) in [7, 11) is 0. The maximum Gasteiger partial charge on any atom is 0.263 e. The van der Waals surface area contributed by atoms with Crippen LogP contribution in [0.2, 0.25) is 0 Å². The molecule has 2 saturated heterocycles. The van der Waals surface area contributed by atoms with E-state index in [1.807, 2.05) is 34.1 Å². The third-order valence-corrected chi connectivity index (χ3v) is 6.27. The number of piperidine rings is 1. The van der Waals surface area contributed by atoms with E-state index in [1.54, 1.807) is 6.92 Å². The number of rotatable bonds is 5. The molecule has 1 aromatic carbocycles. The van der Waals surface area contributed by atoms with E-state index in [9.17, 15) is 9.59 Å². The molecule has 2 aliphatic rings. The minimum absolute atomic E-state index is 0.00225. The average Bonchev–Trinajstić information content (AvgIpc) is 2.69. The highest BCUT2D eigenvalue weighted by Gasteiger charge is 2.29. The van der Waals surface area contributed by atoms with Crippen LogP contribution in [0.4, 0.5) is 0 Å². The highest BCUT2D eigenvalue weighted by atomic mass is 79.9. The summed E-state index contributed by atoms with van der Waals surface area (Å²) in [6, 6.07) is 7.48. The van der Waals surface area contributed by atoms with Crippen molar-refractivity contribution in [1.82, 2.24) is 14.7 Å². The molecule has 3 unspecified atom stereocenters. The summed E-state index contributed by atoms with van der Waals surface area (Å²) >= 11 is 3.39. The van der Waals surface area contributed by atoms with Crippen molar-refractivity contribution in [3.63, 3.8) is 0 Å². The first-order valence-electron chi connectivity index (χ1n) is 10.5. The van der Waals surface area contributed by atoms with E-state index in [2.05, 4.69) is 34.7 Å². The van der Waals surface area contributed by atoms with Crippen molar-refractivity contribution in [2.24, 2.45) is 11.8 Å². The quantitative estimate of drug-likeness (QED) is 0.670. The summed E-state index contributed by atoms with van der Waals surface area (Å²) in [5, 5.41) is 0. The lowest BCUT2D eigenvalue weighted by Gasteiger charge is -2.38. The number of benzene rings is 1. The maximum absolute atomic E-state index is 12.7. The lowest BCUT2D eigenvalue weighted by Crippen LogP contribution is -2.54. The van der Waals surface area contributed by atoms with Crippen molar-refractivity contribution < 1.29 is 14.3 Å². The summed E-state index contributed by atoms with van der Waals surface area (Å²) in [6.45, 7) is 11.1. The largest absolute Gasteiger partial charge is 0.481 e. The highest BCUT2D eigenvalue weighted by molar-refractivity contribution is 9.10. The van der Waals surface area contributed by atoms with Gasteiger partial charge in [-0.2, -0.15) is 0 Å². The molecule has 1 aromatic rings. The molecule has 160 valence electrons. The number of nitrogens with zero attached hydrogens (tertiary/aromatic N) is 3. The minimum Gasteiger partial charge on any atom is -0.481 e. The molecule has 0 N–H and O–H groups in total. The summed E-state index contributed by atoms with van der Waals surface area (Å²) < 4.78 is 6.76. The first kappa shape index (κ1) is 22.1. The van der Waals surface area contributed by atoms with Crippen LogP contribution in [0.25, 0.3) is 0 Å². The monoisotopic (exact) mass is 465 g/mol. The van der Waals surface area contributed by atoms with Gasteiger partial charge in [-0.1, -0.05) is 29.8 Å². The normalized spacial score (nSPS) is 24.3. The predicted molar refractivity (Wildman–Crippen MR) is 117 cm³/mol. The molecule has 0 aliphatic carbocycles. The standard InChI is InChI=1S/C22H32BrN3O3/c1-16-12-17(2)14-26(13-16)21(27)15-24-8-10-25(11-9-24)22(28)18(3)29-20-6-4-19(23)5-7-20/h4-7,16-18H,8-15H2,1-3H3. The fourth-order valence-electron chi connectivity index (χ4n) is 4.31. The second kappa shape index (κ2) is 9.94. The van der Waals surface area contributed by atoms with Crippen LogP contribution in [0.15, 0.2) is 28.7 Å². The van der Waals surface area contributed by atoms with Gasteiger partial charge in [-0.15, -0.1) is 0 Å². The molecule has 0 spiro atoms. The van der Waals surface area contributed by atoms with Crippen LogP contribution in [-0.4, -0.2) is 78.4 Å². The van der Waals surface area contributed by atoms with Crippen molar-refractivity contribution in [2.75, 3.05) is 45.8 Å². The van der Waals surface area contributed by atoms with Gasteiger partial charge in [0.15, 0.2) is 6.10 Å². The summed E-state index contributed by atoms with van der Waals surface area (Å²) in [5.41, 5.74) is 0. The third-order valence-electron chi connectivity index (χ3n) is 5.74. The Labute approximate surface area is 182 Å². The molecular formula is C22H32BrN3O3. The van der Waals surface area contributed by atoms with Gasteiger partial charge in [0, 0.05) is 43.7 Å². The smallest absolute Gasteiger partial charge is 0.263 e. The second-order valence-corrected chi connectivity index (χ2v) is 9.48. The Balaban J connectivity index is 1.44. The van der Waals surface area contributed by atoms with E-state index < -0.39 is 6.10 Å². The number of amides is 2. The average molecular weight is 466 g/mol. The minimum atomic E-state index is -0.527. The van der Waals surface area contributed by atoms with Crippen LogP contribution in [-0.2, 0) is 9.59 Å². The maximum atomic E-state index is 12.7. The van der Waals surface area contributed by atoms with E-state index in [0.717, 1.165) is 30.7 Å². The van der Waals surface area contributed by atoms with Crippen molar-refractivity contribution in [1.29, 1.82) is 0 Å². The fraction of sp³-hybridized carbons (Fsp3) is 0.636. The highest BCUT2D eigenvalue weighted by Crippen LogP contribution is 2.21. The van der Waals surface area contributed by atoms with Gasteiger partial charge in [-0.25, -0.2) is 0 Å². The lowest BCUT2D eigenvalue weighted by atomic mass is 9.92. The number of likely N-dealkylation sites (tertiary alicyclic amines) is 1. The Kier molecular flexibility index (Phi) is 7.57. The van der Waals surface area contributed by atoms with Gasteiger partial charge < -0.3 is 14.5 Å². The number of hydrogen-bond acceptors (Lipinski definition) is 4. The molecule has 2 amide bonds. The molecule has 6 nitrogen and oxygen atoms in total. The van der Waals surface area contributed by atoms with E-state index in [-0.39, 0.29) is 11.8 Å². The molecule has 0 saturated carbocycles. The van der Waals surface area contributed by atoms with Gasteiger partial charge in [-0.3, -0.25) is 14.5 Å². The SMILES string of the molecule is CC1CC(C)CN(C(=O)CN2CCN(C(=O)C(C)Oc3ccc(Br)cc3)CC2)C1. The molecule has 7 heteroatoms. The second-order valence-electron chi connectivity index (χ2n) is 8.56. The number of piperazine rings is 1. The number of halogens is 1. The number of ether oxygens (including phenoxy) is 1. The fourth-order valence-corrected chi connectivity index (χ4v) is 4.57. The number of hydrogen-bond donors (Lipinski definition) is 0. The first-order chi connectivity index (χ1) is 13.8. The Morgan fingerprint density at radius 2 is 1.62 bits per heavy atom. The Bertz CT molecular complexity index is 694. The van der Waals surface area contributed by atoms with E-state index in [1.165, 1.54) is 6.42 Å². The first-order valence-corrected chi connectivity index (χ1v) is 11.3. The molecule has 0 radical (unpaired) electrons. The molecular weight excluding hydrogens is 434 g/mol. The van der Waals surface area contributed by atoms with Gasteiger partial charge in [0.25, 0.3) is 5.91 Å². The molecule has 2 aliphatic heterocycles. The number of carbonyl (C=O) groups excluding carboxylic acids is 2. The summed E-state index contributed by atoms with van der Waals surface area (Å²) in [5.74, 6) is 2.05. The van der Waals surface area contributed by atoms with Crippen LogP contribution in [0.1, 0.15) is 27.2 Å². The van der Waals surface area contributed by atoms with Crippen molar-refractivity contribution in [3.8, 4) is 5.75 Å². The van der Waals surface area contributed by atoms with Crippen molar-refractivity contribution >= 4 is 27.7 Å². The van der Waals surface area contributed by atoms with Crippen LogP contribution >= 0.6 is 15.9 Å². The van der Waals surface area contributed by atoms with Gasteiger partial charge in [-0.05, 0) is 49.4 Å². The zero-order chi connectivity index (χ0) is 21.0. The van der Waals surface area contributed by atoms with Crippen molar-refractivity contribution in [2.45, 2.75) is 33.3 Å². The van der Waals surface area contributed by atoms with Gasteiger partial charge in [0.05, 0.1) is 6.54 Å². The van der Waals surface area contributed by atoms with E-state index in [4.69, 9.17) is 4.74 Å². The van der Waals surface area contributed by atoms with E-state index >= 15 is 0 Å². The van der Waals surface area contributed by atoms with Crippen LogP contribution < -0.4 is 4.74 Å². The zero-order valence-corrected chi connectivity index (χ0v) is 19.2. The van der Waals surface area contributed by atoms with Crippen LogP contribution in [0, 0.1) is 11.8 Å². The molecule has 29 heavy (non-hydrogen) atoms. The summed E-state index contributed by atoms with van der Waals surface area (Å²) in [6.07, 6.45) is 0.672. The van der Waals surface area contributed by atoms with Crippen LogP contribution in [0.3, 0.4) is 0 Å². The van der Waals surface area contributed by atoms with Gasteiger partial charge >= 0.3 is 0 Å². The molecule has 0 bridgehead atoms. The third kappa shape index (κ3) is 6.19. The van der Waals surface area contributed by atoms with Crippen molar-refractivity contribution in [3.05, 3.63) is 28.7 Å². The molecule has 0 aromatic heterocycles. The Morgan fingerprint density at radius 3 is 2.21 bits per heavy atom. The summed E-state index contributed by atoms with van der Waals surface area (Å²) in [4.78, 5) is 31.4. The van der Waals surface area contributed by atoms with Gasteiger partial charge in [0.1, 0.15) is 5.75 Å². The zero-order valence-electron chi connectivity index (χ0n) is 17.6. The topological polar surface area (TPSA) is 53.1 Å². The lowest BCUT2D eigenvalue weighted by molar-refractivity contribution is -0.140. The molecule has 3 atom stereocenters. The predicted octanol–water partition coefficient (Wildman–Crippen LogP) is 2.87. The van der Waals surface area contributed by atoms with Crippen LogP contribution in [0.5, 0.6) is 5.75 Å². The Hall–Kier alpha value is -1.60. The molecule has 3 rings (SSSR count). The molecule has 2 heterocycles. The van der Waals surface area contributed by atoms with E-state index in [0.29, 0.717) is 37.2 Å². The van der Waals surface area contributed by atoms with Gasteiger partial charge in [0.2, 0.25) is 5.91 Å². The Morgan fingerprint density at radius 1 is 1.03 bits per heavy atom. The molecule has 2 fully saturated rings.